The average molecular weight is 323 g/mol. The molecule has 0 aliphatic carbocycles. The van der Waals surface area contributed by atoms with Gasteiger partial charge in [-0.2, -0.15) is 0 Å². The molecule has 3 N–H and O–H groups in total. The molecule has 0 saturated heterocycles. The number of imidazole rings is 1. The Morgan fingerprint density at radius 3 is 2.67 bits per heavy atom. The van der Waals surface area contributed by atoms with Crippen molar-refractivity contribution >= 4 is 52.0 Å². The summed E-state index contributed by atoms with van der Waals surface area (Å²) in [4.78, 5) is 22.1. The first-order chi connectivity index (χ1) is 10.0. The fraction of sp³-hybridized carbons (Fsp3) is 0. The molecule has 0 unspecified atom stereocenters. The first-order valence-electron chi connectivity index (χ1n) is 5.84. The number of para-hydroxylation sites is 1. The number of halogens is 2. The molecule has 0 aliphatic rings. The predicted molar refractivity (Wildman–Crippen MR) is 80.6 cm³/mol. The number of pyridine rings is 1. The Morgan fingerprint density at radius 1 is 1.29 bits per heavy atom. The third-order valence-electron chi connectivity index (χ3n) is 2.79. The highest BCUT2D eigenvalue weighted by Gasteiger charge is 2.11. The van der Waals surface area contributed by atoms with Gasteiger partial charge in [0.2, 0.25) is 5.95 Å². The van der Waals surface area contributed by atoms with Crippen molar-refractivity contribution in [3.8, 4) is 0 Å². The average Bonchev–Trinajstić information content (AvgIpc) is 2.84. The summed E-state index contributed by atoms with van der Waals surface area (Å²) in [6.45, 7) is 0. The summed E-state index contributed by atoms with van der Waals surface area (Å²) in [5, 5.41) is 12.8. The van der Waals surface area contributed by atoms with Crippen molar-refractivity contribution in [1.29, 1.82) is 0 Å². The number of hydrogen-bond donors (Lipinski definition) is 3. The summed E-state index contributed by atoms with van der Waals surface area (Å²) in [7, 11) is 0. The largest absolute Gasteiger partial charge is 0.478 e. The molecule has 0 saturated carbocycles. The summed E-state index contributed by atoms with van der Waals surface area (Å²) in [5.41, 5.74) is 1.47. The standard InChI is InChI=1S/C13H8Cl2N4O2/c14-7-2-1-3-8(15)10(7)18-13-17-9-4-6(12(20)21)5-16-11(9)19-13/h1-5H,(H,20,21)(H2,16,17,18,19). The maximum atomic E-state index is 10.9. The van der Waals surface area contributed by atoms with Gasteiger partial charge in [-0.15, -0.1) is 0 Å². The minimum absolute atomic E-state index is 0.0660. The Bertz CT molecular complexity index is 827. The zero-order valence-corrected chi connectivity index (χ0v) is 11.9. The van der Waals surface area contributed by atoms with Crippen LogP contribution in [0.25, 0.3) is 11.2 Å². The topological polar surface area (TPSA) is 90.9 Å². The number of nitrogens with zero attached hydrogens (tertiary/aromatic N) is 2. The summed E-state index contributed by atoms with van der Waals surface area (Å²) >= 11 is 12.1. The lowest BCUT2D eigenvalue weighted by atomic mass is 10.3. The van der Waals surface area contributed by atoms with Gasteiger partial charge in [-0.25, -0.2) is 14.8 Å². The van der Waals surface area contributed by atoms with E-state index in [1.165, 1.54) is 12.3 Å². The van der Waals surface area contributed by atoms with Gasteiger partial charge in [-0.05, 0) is 18.2 Å². The van der Waals surface area contributed by atoms with Crippen LogP contribution in [0.15, 0.2) is 30.5 Å². The zero-order valence-electron chi connectivity index (χ0n) is 10.4. The predicted octanol–water partition coefficient (Wildman–Crippen LogP) is 3.71. The van der Waals surface area contributed by atoms with E-state index >= 15 is 0 Å². The SMILES string of the molecule is O=C(O)c1cnc2[nH]c(Nc3c(Cl)cccc3Cl)nc2c1. The number of carboxylic acid groups (broad SMARTS) is 1. The van der Waals surface area contributed by atoms with E-state index in [2.05, 4.69) is 20.3 Å². The molecule has 3 rings (SSSR count). The molecule has 0 radical (unpaired) electrons. The highest BCUT2D eigenvalue weighted by molar-refractivity contribution is 6.39. The van der Waals surface area contributed by atoms with E-state index in [1.807, 2.05) is 0 Å². The second kappa shape index (κ2) is 5.23. The van der Waals surface area contributed by atoms with Crippen molar-refractivity contribution in [2.75, 3.05) is 5.32 Å². The number of anilines is 2. The van der Waals surface area contributed by atoms with E-state index in [-0.39, 0.29) is 5.56 Å². The van der Waals surface area contributed by atoms with Gasteiger partial charge >= 0.3 is 5.97 Å². The van der Waals surface area contributed by atoms with Crippen LogP contribution in [-0.2, 0) is 0 Å². The first-order valence-corrected chi connectivity index (χ1v) is 6.60. The number of H-pyrrole nitrogens is 1. The highest BCUT2D eigenvalue weighted by Crippen LogP contribution is 2.32. The monoisotopic (exact) mass is 322 g/mol. The quantitative estimate of drug-likeness (QED) is 0.683. The van der Waals surface area contributed by atoms with E-state index in [1.54, 1.807) is 18.2 Å². The molecule has 0 atom stereocenters. The normalized spacial score (nSPS) is 10.8. The van der Waals surface area contributed by atoms with Crippen LogP contribution < -0.4 is 5.32 Å². The zero-order chi connectivity index (χ0) is 15.0. The minimum atomic E-state index is -1.06. The van der Waals surface area contributed by atoms with E-state index in [0.29, 0.717) is 32.8 Å². The molecule has 0 fully saturated rings. The van der Waals surface area contributed by atoms with Gasteiger partial charge in [0.25, 0.3) is 0 Å². The van der Waals surface area contributed by atoms with Crippen LogP contribution >= 0.6 is 23.2 Å². The second-order valence-corrected chi connectivity index (χ2v) is 5.02. The Balaban J connectivity index is 2.00. The summed E-state index contributed by atoms with van der Waals surface area (Å²) in [5.74, 6) is -0.689. The van der Waals surface area contributed by atoms with Crippen molar-refractivity contribution in [3.05, 3.63) is 46.1 Å². The number of carboxylic acids is 1. The van der Waals surface area contributed by atoms with Crippen molar-refractivity contribution in [1.82, 2.24) is 15.0 Å². The number of hydrogen-bond acceptors (Lipinski definition) is 4. The molecule has 1 aromatic carbocycles. The lowest BCUT2D eigenvalue weighted by Crippen LogP contribution is -1.96. The van der Waals surface area contributed by atoms with E-state index in [9.17, 15) is 4.79 Å². The van der Waals surface area contributed by atoms with Crippen molar-refractivity contribution < 1.29 is 9.90 Å². The Kier molecular flexibility index (Phi) is 3.40. The molecule has 8 heteroatoms. The van der Waals surface area contributed by atoms with Crippen molar-refractivity contribution in [2.45, 2.75) is 0 Å². The van der Waals surface area contributed by atoms with E-state index in [0.717, 1.165) is 0 Å². The summed E-state index contributed by atoms with van der Waals surface area (Å²) < 4.78 is 0. The number of aromatic nitrogens is 3. The van der Waals surface area contributed by atoms with Crippen LogP contribution in [0.5, 0.6) is 0 Å². The van der Waals surface area contributed by atoms with Crippen LogP contribution in [0, 0.1) is 0 Å². The molecule has 0 bridgehead atoms. The van der Waals surface area contributed by atoms with Gasteiger partial charge in [0.1, 0.15) is 5.52 Å². The number of rotatable bonds is 3. The van der Waals surface area contributed by atoms with Gasteiger partial charge in [0, 0.05) is 6.20 Å². The van der Waals surface area contributed by atoms with Gasteiger partial charge in [0.15, 0.2) is 5.65 Å². The van der Waals surface area contributed by atoms with E-state index in [4.69, 9.17) is 28.3 Å². The third-order valence-corrected chi connectivity index (χ3v) is 3.42. The molecule has 0 aliphatic heterocycles. The van der Waals surface area contributed by atoms with E-state index < -0.39 is 5.97 Å². The number of nitrogens with one attached hydrogen (secondary N) is 2. The summed E-state index contributed by atoms with van der Waals surface area (Å²) in [6, 6.07) is 6.55. The lowest BCUT2D eigenvalue weighted by molar-refractivity contribution is 0.0696. The number of fused-ring (bicyclic) bond motifs is 1. The second-order valence-electron chi connectivity index (χ2n) is 4.20. The molecule has 3 aromatic rings. The summed E-state index contributed by atoms with van der Waals surface area (Å²) in [6.07, 6.45) is 1.26. The Morgan fingerprint density at radius 2 is 2.00 bits per heavy atom. The maximum absolute atomic E-state index is 10.9. The molecule has 106 valence electrons. The van der Waals surface area contributed by atoms with Crippen LogP contribution in [-0.4, -0.2) is 26.0 Å². The fourth-order valence-electron chi connectivity index (χ4n) is 1.81. The first kappa shape index (κ1) is 13.7. The van der Waals surface area contributed by atoms with Gasteiger partial charge in [-0.1, -0.05) is 29.3 Å². The smallest absolute Gasteiger partial charge is 0.337 e. The molecular formula is C13H8Cl2N4O2. The van der Waals surface area contributed by atoms with Crippen molar-refractivity contribution in [2.24, 2.45) is 0 Å². The maximum Gasteiger partial charge on any atom is 0.337 e. The molecule has 0 spiro atoms. The molecule has 2 aromatic heterocycles. The number of aromatic amines is 1. The lowest BCUT2D eigenvalue weighted by Gasteiger charge is -2.06. The molecule has 21 heavy (non-hydrogen) atoms. The molecule has 2 heterocycles. The Hall–Kier alpha value is -2.31. The van der Waals surface area contributed by atoms with Crippen molar-refractivity contribution in [3.63, 3.8) is 0 Å². The van der Waals surface area contributed by atoms with Gasteiger partial charge in [-0.3, -0.25) is 0 Å². The minimum Gasteiger partial charge on any atom is -0.478 e. The number of benzene rings is 1. The Labute approximate surface area is 128 Å². The van der Waals surface area contributed by atoms with Crippen LogP contribution in [0.2, 0.25) is 10.0 Å². The van der Waals surface area contributed by atoms with Gasteiger partial charge in [0.05, 0.1) is 21.3 Å². The highest BCUT2D eigenvalue weighted by atomic mass is 35.5. The third kappa shape index (κ3) is 2.63. The molecule has 0 amide bonds. The van der Waals surface area contributed by atoms with Crippen LogP contribution in [0.1, 0.15) is 10.4 Å². The number of carbonyl (C=O) groups is 1. The van der Waals surface area contributed by atoms with Gasteiger partial charge < -0.3 is 15.4 Å². The number of aromatic carboxylic acids is 1. The fourth-order valence-corrected chi connectivity index (χ4v) is 2.30. The van der Waals surface area contributed by atoms with Crippen LogP contribution in [0.3, 0.4) is 0 Å². The molecular weight excluding hydrogens is 315 g/mol. The van der Waals surface area contributed by atoms with Crippen LogP contribution in [0.4, 0.5) is 11.6 Å². The molecule has 6 nitrogen and oxygen atoms in total.